The Morgan fingerprint density at radius 1 is 1.00 bits per heavy atom. The minimum absolute atomic E-state index is 0.0858. The number of aromatic nitrogens is 4. The van der Waals surface area contributed by atoms with Crippen molar-refractivity contribution in [3.63, 3.8) is 0 Å². The SMILES string of the molecule is CSc1ccc(C(=O)N2CCN(c3cc(-n4ccc(C)n4)ncn3)CC2)cc1. The van der Waals surface area contributed by atoms with Crippen LogP contribution in [0.3, 0.4) is 0 Å². The minimum atomic E-state index is 0.0858. The summed E-state index contributed by atoms with van der Waals surface area (Å²) < 4.78 is 1.75. The number of carbonyl (C=O) groups is 1. The van der Waals surface area contributed by atoms with E-state index in [0.717, 1.165) is 40.9 Å². The second-order valence-electron chi connectivity index (χ2n) is 6.64. The molecule has 0 unspecified atom stereocenters. The van der Waals surface area contributed by atoms with E-state index < -0.39 is 0 Å². The van der Waals surface area contributed by atoms with Gasteiger partial charge in [0, 0.05) is 48.9 Å². The lowest BCUT2D eigenvalue weighted by Gasteiger charge is -2.35. The number of hydrogen-bond acceptors (Lipinski definition) is 6. The van der Waals surface area contributed by atoms with Gasteiger partial charge in [-0.1, -0.05) is 0 Å². The molecule has 0 atom stereocenters. The molecule has 1 fully saturated rings. The maximum absolute atomic E-state index is 12.7. The molecule has 0 spiro atoms. The molecule has 0 saturated carbocycles. The number of thioether (sulfide) groups is 1. The first-order valence-electron chi connectivity index (χ1n) is 9.17. The van der Waals surface area contributed by atoms with Crippen molar-refractivity contribution in [1.29, 1.82) is 0 Å². The molecule has 0 N–H and O–H groups in total. The maximum atomic E-state index is 12.7. The van der Waals surface area contributed by atoms with Gasteiger partial charge in [-0.25, -0.2) is 14.6 Å². The van der Waals surface area contributed by atoms with E-state index in [9.17, 15) is 4.79 Å². The second-order valence-corrected chi connectivity index (χ2v) is 7.52. The number of anilines is 1. The number of nitrogens with zero attached hydrogens (tertiary/aromatic N) is 6. The van der Waals surface area contributed by atoms with Gasteiger partial charge in [0.15, 0.2) is 5.82 Å². The van der Waals surface area contributed by atoms with Gasteiger partial charge >= 0.3 is 0 Å². The molecule has 0 aliphatic carbocycles. The fourth-order valence-corrected chi connectivity index (χ4v) is 3.64. The third kappa shape index (κ3) is 3.87. The Balaban J connectivity index is 1.42. The highest BCUT2D eigenvalue weighted by molar-refractivity contribution is 7.98. The van der Waals surface area contributed by atoms with Crippen LogP contribution in [0.15, 0.2) is 53.8 Å². The van der Waals surface area contributed by atoms with Crippen LogP contribution < -0.4 is 4.90 Å². The Morgan fingerprint density at radius 3 is 2.36 bits per heavy atom. The molecule has 1 amide bonds. The Hall–Kier alpha value is -2.87. The van der Waals surface area contributed by atoms with Crippen molar-refractivity contribution in [2.75, 3.05) is 37.3 Å². The van der Waals surface area contributed by atoms with E-state index in [1.54, 1.807) is 22.8 Å². The summed E-state index contributed by atoms with van der Waals surface area (Å²) in [7, 11) is 0. The van der Waals surface area contributed by atoms with Crippen molar-refractivity contribution in [3.8, 4) is 5.82 Å². The fraction of sp³-hybridized carbons (Fsp3) is 0.300. The topological polar surface area (TPSA) is 67.2 Å². The number of carbonyl (C=O) groups excluding carboxylic acids is 1. The summed E-state index contributed by atoms with van der Waals surface area (Å²) in [6.07, 6.45) is 5.48. The Morgan fingerprint density at radius 2 is 1.71 bits per heavy atom. The number of piperazine rings is 1. The van der Waals surface area contributed by atoms with Gasteiger partial charge in [-0.2, -0.15) is 5.10 Å². The molecule has 4 rings (SSSR count). The average molecular weight is 395 g/mol. The zero-order chi connectivity index (χ0) is 19.5. The summed E-state index contributed by atoms with van der Waals surface area (Å²) in [6.45, 7) is 4.77. The van der Waals surface area contributed by atoms with E-state index in [2.05, 4.69) is 20.0 Å². The van der Waals surface area contributed by atoms with E-state index in [1.165, 1.54) is 0 Å². The highest BCUT2D eigenvalue weighted by Crippen LogP contribution is 2.19. The van der Waals surface area contributed by atoms with E-state index in [-0.39, 0.29) is 5.91 Å². The van der Waals surface area contributed by atoms with Crippen LogP contribution in [0, 0.1) is 6.92 Å². The molecule has 1 aliphatic heterocycles. The summed E-state index contributed by atoms with van der Waals surface area (Å²) in [5.41, 5.74) is 1.68. The smallest absolute Gasteiger partial charge is 0.253 e. The van der Waals surface area contributed by atoms with Crippen LogP contribution in [0.4, 0.5) is 5.82 Å². The molecule has 3 heterocycles. The van der Waals surface area contributed by atoms with Gasteiger partial charge in [0.2, 0.25) is 0 Å². The van der Waals surface area contributed by atoms with Crippen LogP contribution in [0.25, 0.3) is 5.82 Å². The van der Waals surface area contributed by atoms with Crippen LogP contribution >= 0.6 is 11.8 Å². The van der Waals surface area contributed by atoms with Gasteiger partial charge in [0.05, 0.1) is 5.69 Å². The van der Waals surface area contributed by atoms with E-state index in [1.807, 2.05) is 60.7 Å². The van der Waals surface area contributed by atoms with Crippen molar-refractivity contribution in [2.24, 2.45) is 0 Å². The van der Waals surface area contributed by atoms with Gasteiger partial charge in [-0.3, -0.25) is 4.79 Å². The highest BCUT2D eigenvalue weighted by atomic mass is 32.2. The minimum Gasteiger partial charge on any atom is -0.353 e. The summed E-state index contributed by atoms with van der Waals surface area (Å²) in [4.78, 5) is 26.7. The van der Waals surface area contributed by atoms with Crippen LogP contribution in [0.1, 0.15) is 16.1 Å². The molecule has 0 radical (unpaired) electrons. The van der Waals surface area contributed by atoms with E-state index in [0.29, 0.717) is 13.1 Å². The van der Waals surface area contributed by atoms with Crippen molar-refractivity contribution >= 4 is 23.5 Å². The molecular weight excluding hydrogens is 372 g/mol. The normalized spacial score (nSPS) is 14.4. The number of hydrogen-bond donors (Lipinski definition) is 0. The lowest BCUT2D eigenvalue weighted by Crippen LogP contribution is -2.49. The van der Waals surface area contributed by atoms with Gasteiger partial charge in [0.25, 0.3) is 5.91 Å². The largest absolute Gasteiger partial charge is 0.353 e. The molecule has 2 aromatic heterocycles. The summed E-state index contributed by atoms with van der Waals surface area (Å²) in [5.74, 6) is 1.68. The van der Waals surface area contributed by atoms with Gasteiger partial charge in [0.1, 0.15) is 12.1 Å². The van der Waals surface area contributed by atoms with Crippen LogP contribution in [-0.4, -0.2) is 63.0 Å². The first kappa shape index (κ1) is 18.5. The maximum Gasteiger partial charge on any atom is 0.253 e. The number of aryl methyl sites for hydroxylation is 1. The molecule has 28 heavy (non-hydrogen) atoms. The highest BCUT2D eigenvalue weighted by Gasteiger charge is 2.23. The van der Waals surface area contributed by atoms with Gasteiger partial charge < -0.3 is 9.80 Å². The molecule has 3 aromatic rings. The van der Waals surface area contributed by atoms with Crippen molar-refractivity contribution in [3.05, 3.63) is 60.2 Å². The van der Waals surface area contributed by atoms with Crippen molar-refractivity contribution in [2.45, 2.75) is 11.8 Å². The standard InChI is InChI=1S/C20H22N6OS/c1-15-7-8-26(23-15)19-13-18(21-14-22-19)24-9-11-25(12-10-24)20(27)16-3-5-17(28-2)6-4-16/h3-8,13-14H,9-12H2,1-2H3. The molecule has 1 aliphatic rings. The predicted octanol–water partition coefficient (Wildman–Crippen LogP) is 2.66. The molecule has 1 saturated heterocycles. The second kappa shape index (κ2) is 8.02. The van der Waals surface area contributed by atoms with Gasteiger partial charge in [-0.05, 0) is 43.5 Å². The molecule has 7 nitrogen and oxygen atoms in total. The monoisotopic (exact) mass is 394 g/mol. The molecule has 144 valence electrons. The number of rotatable bonds is 4. The Bertz CT molecular complexity index is 963. The average Bonchev–Trinajstić information content (AvgIpc) is 3.20. The van der Waals surface area contributed by atoms with E-state index in [4.69, 9.17) is 0 Å². The first-order chi connectivity index (χ1) is 13.6. The van der Waals surface area contributed by atoms with Crippen LogP contribution in [0.2, 0.25) is 0 Å². The Labute approximate surface area is 168 Å². The quantitative estimate of drug-likeness (QED) is 0.634. The first-order valence-corrected chi connectivity index (χ1v) is 10.4. The van der Waals surface area contributed by atoms with Crippen LogP contribution in [0.5, 0.6) is 0 Å². The predicted molar refractivity (Wildman–Crippen MR) is 110 cm³/mol. The zero-order valence-corrected chi connectivity index (χ0v) is 16.8. The number of benzene rings is 1. The third-order valence-electron chi connectivity index (χ3n) is 4.82. The fourth-order valence-electron chi connectivity index (χ4n) is 3.23. The summed E-state index contributed by atoms with van der Waals surface area (Å²) >= 11 is 1.67. The summed E-state index contributed by atoms with van der Waals surface area (Å²) in [6, 6.07) is 11.7. The lowest BCUT2D eigenvalue weighted by atomic mass is 10.2. The zero-order valence-electron chi connectivity index (χ0n) is 15.9. The molecule has 1 aromatic carbocycles. The molecule has 8 heteroatoms. The van der Waals surface area contributed by atoms with Crippen LogP contribution in [-0.2, 0) is 0 Å². The van der Waals surface area contributed by atoms with Crippen molar-refractivity contribution in [1.82, 2.24) is 24.6 Å². The molecule has 0 bridgehead atoms. The van der Waals surface area contributed by atoms with Crippen molar-refractivity contribution < 1.29 is 4.79 Å². The lowest BCUT2D eigenvalue weighted by molar-refractivity contribution is 0.0746. The number of amides is 1. The van der Waals surface area contributed by atoms with Gasteiger partial charge in [-0.15, -0.1) is 11.8 Å². The van der Waals surface area contributed by atoms with E-state index >= 15 is 0 Å². The Kier molecular flexibility index (Phi) is 5.29. The molecular formula is C20H22N6OS. The third-order valence-corrected chi connectivity index (χ3v) is 5.57. The summed E-state index contributed by atoms with van der Waals surface area (Å²) in [5, 5.41) is 4.40.